The first-order valence-electron chi connectivity index (χ1n) is 15.0. The van der Waals surface area contributed by atoms with Crippen LogP contribution in [0.3, 0.4) is 0 Å². The monoisotopic (exact) mass is 553 g/mol. The van der Waals surface area contributed by atoms with Crippen molar-refractivity contribution in [2.45, 2.75) is 77.7 Å². The Balaban J connectivity index is 1.44. The van der Waals surface area contributed by atoms with E-state index in [2.05, 4.69) is 32.9 Å². The van der Waals surface area contributed by atoms with Gasteiger partial charge in [0.15, 0.2) is 11.4 Å². The highest BCUT2D eigenvalue weighted by atomic mass is 16.5. The molecule has 1 amide bonds. The van der Waals surface area contributed by atoms with E-state index in [9.17, 15) is 9.59 Å². The number of carbonyl (C=O) groups excluding carboxylic acids is 2. The van der Waals surface area contributed by atoms with E-state index in [4.69, 9.17) is 9.47 Å². The van der Waals surface area contributed by atoms with Gasteiger partial charge in [-0.05, 0) is 48.6 Å². The molecule has 1 aliphatic heterocycles. The van der Waals surface area contributed by atoms with Gasteiger partial charge >= 0.3 is 0 Å². The Morgan fingerprint density at radius 1 is 0.780 bits per heavy atom. The molecule has 5 heteroatoms. The minimum Gasteiger partial charge on any atom is -0.376 e. The van der Waals surface area contributed by atoms with Gasteiger partial charge in [-0.25, -0.2) is 0 Å². The van der Waals surface area contributed by atoms with E-state index in [1.807, 2.05) is 83.8 Å². The molecular weight excluding hydrogens is 510 g/mol. The standard InChI is InChI=1S/C36H43NO4/c1-34(2)35(3,27-40-25-28-15-7-4-8-16-28)22-23-36(34,41-26-29-17-9-5-10-18-29)33(39)37-24-14-13-21-31(37)32(38)30-19-11-6-12-20-30/h4-12,15-20,31H,13-14,21-27H2,1-3H3/t31-,35+,36-/m1/s1. The van der Waals surface area contributed by atoms with Gasteiger partial charge in [0.05, 0.1) is 25.9 Å². The van der Waals surface area contributed by atoms with Crippen LogP contribution in [-0.2, 0) is 27.5 Å². The van der Waals surface area contributed by atoms with Crippen molar-refractivity contribution in [1.82, 2.24) is 4.90 Å². The number of likely N-dealkylation sites (tertiary alicyclic amines) is 1. The Bertz CT molecular complexity index is 1310. The van der Waals surface area contributed by atoms with Gasteiger partial charge in [0.1, 0.15) is 0 Å². The fourth-order valence-electron chi connectivity index (χ4n) is 6.73. The summed E-state index contributed by atoms with van der Waals surface area (Å²) in [5.74, 6) is -0.0409. The first-order valence-corrected chi connectivity index (χ1v) is 15.0. The number of hydrogen-bond acceptors (Lipinski definition) is 4. The number of rotatable bonds is 10. The Kier molecular flexibility index (Phi) is 8.77. The Labute approximate surface area is 244 Å². The average molecular weight is 554 g/mol. The van der Waals surface area contributed by atoms with Gasteiger partial charge in [-0.3, -0.25) is 9.59 Å². The minimum atomic E-state index is -1.08. The van der Waals surface area contributed by atoms with E-state index in [1.54, 1.807) is 0 Å². The van der Waals surface area contributed by atoms with Crippen LogP contribution >= 0.6 is 0 Å². The molecule has 3 aromatic rings. The maximum absolute atomic E-state index is 14.9. The van der Waals surface area contributed by atoms with Crippen LogP contribution in [0.25, 0.3) is 0 Å². The SMILES string of the molecule is CC1(C)[C@](C)(COCc2ccccc2)CC[C@@]1(OCc1ccccc1)C(=O)N1CCCC[C@@H]1C(=O)c1ccccc1. The zero-order valence-corrected chi connectivity index (χ0v) is 24.7. The molecule has 2 fully saturated rings. The molecule has 0 N–H and O–H groups in total. The summed E-state index contributed by atoms with van der Waals surface area (Å²) in [6.45, 7) is 8.49. The van der Waals surface area contributed by atoms with Crippen LogP contribution < -0.4 is 0 Å². The van der Waals surface area contributed by atoms with Crippen LogP contribution in [0.15, 0.2) is 91.0 Å². The summed E-state index contributed by atoms with van der Waals surface area (Å²) in [5.41, 5.74) is 0.870. The fourth-order valence-corrected chi connectivity index (χ4v) is 6.73. The second kappa shape index (κ2) is 12.3. The second-order valence-corrected chi connectivity index (χ2v) is 12.5. The first kappa shape index (κ1) is 29.2. The third kappa shape index (κ3) is 5.75. The molecule has 0 unspecified atom stereocenters. The van der Waals surface area contributed by atoms with Crippen LogP contribution in [0.2, 0.25) is 0 Å². The van der Waals surface area contributed by atoms with Gasteiger partial charge in [0, 0.05) is 17.5 Å². The van der Waals surface area contributed by atoms with Crippen LogP contribution in [0.4, 0.5) is 0 Å². The first-order chi connectivity index (χ1) is 19.8. The molecule has 5 rings (SSSR count). The summed E-state index contributed by atoms with van der Waals surface area (Å²) in [6.07, 6.45) is 3.86. The number of carbonyl (C=O) groups is 2. The number of amides is 1. The number of Topliss-reactive ketones (excluding diaryl/α,β-unsaturated/α-hetero) is 1. The number of ether oxygens (including phenoxy) is 2. The number of ketones is 1. The zero-order chi connectivity index (χ0) is 28.9. The number of hydrogen-bond donors (Lipinski definition) is 0. The molecule has 1 aliphatic carbocycles. The maximum Gasteiger partial charge on any atom is 0.256 e. The van der Waals surface area contributed by atoms with Gasteiger partial charge in [-0.1, -0.05) is 112 Å². The molecule has 3 aromatic carbocycles. The molecule has 3 atom stereocenters. The van der Waals surface area contributed by atoms with Crippen molar-refractivity contribution < 1.29 is 19.1 Å². The molecule has 0 radical (unpaired) electrons. The predicted molar refractivity (Wildman–Crippen MR) is 161 cm³/mol. The number of benzene rings is 3. The topological polar surface area (TPSA) is 55.8 Å². The lowest BCUT2D eigenvalue weighted by Crippen LogP contribution is -2.63. The predicted octanol–water partition coefficient (Wildman–Crippen LogP) is 7.25. The lowest BCUT2D eigenvalue weighted by molar-refractivity contribution is -0.189. The van der Waals surface area contributed by atoms with Crippen molar-refractivity contribution in [1.29, 1.82) is 0 Å². The van der Waals surface area contributed by atoms with Crippen molar-refractivity contribution in [2.75, 3.05) is 13.2 Å². The molecule has 41 heavy (non-hydrogen) atoms. The van der Waals surface area contributed by atoms with E-state index < -0.39 is 17.1 Å². The van der Waals surface area contributed by atoms with Crippen molar-refractivity contribution in [3.63, 3.8) is 0 Å². The number of nitrogens with zero attached hydrogens (tertiary/aromatic N) is 1. The summed E-state index contributed by atoms with van der Waals surface area (Å²) < 4.78 is 13.1. The normalized spacial score (nSPS) is 25.6. The summed E-state index contributed by atoms with van der Waals surface area (Å²) in [7, 11) is 0. The molecule has 1 saturated heterocycles. The largest absolute Gasteiger partial charge is 0.376 e. The zero-order valence-electron chi connectivity index (χ0n) is 24.7. The van der Waals surface area contributed by atoms with Gasteiger partial charge in [-0.2, -0.15) is 0 Å². The van der Waals surface area contributed by atoms with E-state index in [-0.39, 0.29) is 17.1 Å². The van der Waals surface area contributed by atoms with Crippen LogP contribution in [-0.4, -0.2) is 41.4 Å². The van der Waals surface area contributed by atoms with Gasteiger partial charge in [0.2, 0.25) is 0 Å². The third-order valence-corrected chi connectivity index (χ3v) is 9.88. The molecular formula is C36H43NO4. The smallest absolute Gasteiger partial charge is 0.256 e. The third-order valence-electron chi connectivity index (χ3n) is 9.88. The van der Waals surface area contributed by atoms with Gasteiger partial charge in [-0.15, -0.1) is 0 Å². The molecule has 0 spiro atoms. The highest BCUT2D eigenvalue weighted by Crippen LogP contribution is 2.61. The van der Waals surface area contributed by atoms with Gasteiger partial charge < -0.3 is 14.4 Å². The van der Waals surface area contributed by atoms with E-state index in [1.165, 1.54) is 0 Å². The molecule has 0 bridgehead atoms. The Hall–Kier alpha value is -3.28. The van der Waals surface area contributed by atoms with Crippen molar-refractivity contribution in [3.8, 4) is 0 Å². The van der Waals surface area contributed by atoms with Crippen molar-refractivity contribution in [3.05, 3.63) is 108 Å². The number of piperidine rings is 1. The summed E-state index contributed by atoms with van der Waals surface area (Å²) in [6, 6.07) is 29.1. The van der Waals surface area contributed by atoms with Crippen LogP contribution in [0.5, 0.6) is 0 Å². The second-order valence-electron chi connectivity index (χ2n) is 12.5. The highest BCUT2D eigenvalue weighted by Gasteiger charge is 2.66. The maximum atomic E-state index is 14.9. The lowest BCUT2D eigenvalue weighted by atomic mass is 9.63. The van der Waals surface area contributed by atoms with E-state index >= 15 is 0 Å². The quantitative estimate of drug-likeness (QED) is 0.248. The van der Waals surface area contributed by atoms with E-state index in [0.717, 1.165) is 30.4 Å². The van der Waals surface area contributed by atoms with E-state index in [0.29, 0.717) is 44.8 Å². The average Bonchev–Trinajstić information content (AvgIpc) is 3.22. The van der Waals surface area contributed by atoms with Crippen LogP contribution in [0.1, 0.15) is 74.4 Å². The molecule has 5 nitrogen and oxygen atoms in total. The molecule has 1 saturated carbocycles. The summed E-state index contributed by atoms with van der Waals surface area (Å²) in [4.78, 5) is 30.5. The Morgan fingerprint density at radius 3 is 2.00 bits per heavy atom. The Morgan fingerprint density at radius 2 is 1.37 bits per heavy atom. The highest BCUT2D eigenvalue weighted by molar-refractivity contribution is 6.03. The van der Waals surface area contributed by atoms with Gasteiger partial charge in [0.25, 0.3) is 5.91 Å². The van der Waals surface area contributed by atoms with Crippen molar-refractivity contribution >= 4 is 11.7 Å². The summed E-state index contributed by atoms with van der Waals surface area (Å²) >= 11 is 0. The lowest BCUT2D eigenvalue weighted by Gasteiger charge is -2.50. The molecule has 2 aliphatic rings. The van der Waals surface area contributed by atoms with Crippen LogP contribution in [0, 0.1) is 10.8 Å². The molecule has 0 aromatic heterocycles. The fraction of sp³-hybridized carbons (Fsp3) is 0.444. The minimum absolute atomic E-state index is 0.0154. The van der Waals surface area contributed by atoms with Crippen molar-refractivity contribution in [2.24, 2.45) is 10.8 Å². The molecule has 216 valence electrons. The summed E-state index contributed by atoms with van der Waals surface area (Å²) in [5, 5.41) is 0. The molecule has 1 heterocycles.